The van der Waals surface area contributed by atoms with Crippen molar-refractivity contribution >= 4 is 5.97 Å². The molecule has 0 aliphatic rings. The van der Waals surface area contributed by atoms with Crippen LogP contribution in [0.5, 0.6) is 5.75 Å². The zero-order valence-corrected chi connectivity index (χ0v) is 9.91. The topological polar surface area (TPSA) is 46.5 Å². The minimum Gasteiger partial charge on any atom is -0.481 e. The third kappa shape index (κ3) is 3.94. The zero-order valence-electron chi connectivity index (χ0n) is 9.91. The number of benzene rings is 1. The normalized spacial score (nSPS) is 13.2. The number of carboxylic acids is 1. The first-order chi connectivity index (χ1) is 8.20. The average Bonchev–Trinajstić information content (AvgIpc) is 2.20. The fourth-order valence-electron chi connectivity index (χ4n) is 1.37. The molecule has 0 aliphatic heterocycles. The predicted molar refractivity (Wildman–Crippen MR) is 58.6 cm³/mol. The van der Waals surface area contributed by atoms with Crippen LogP contribution >= 0.6 is 0 Å². The fourth-order valence-corrected chi connectivity index (χ4v) is 1.37. The number of rotatable bonds is 4. The van der Waals surface area contributed by atoms with E-state index in [1.807, 2.05) is 0 Å². The number of aliphatic carboxylic acids is 1. The number of alkyl halides is 3. The molecule has 0 saturated heterocycles. The van der Waals surface area contributed by atoms with Crippen LogP contribution in [0.4, 0.5) is 13.2 Å². The summed E-state index contributed by atoms with van der Waals surface area (Å²) in [7, 11) is 0. The maximum atomic E-state index is 12.6. The van der Waals surface area contributed by atoms with Gasteiger partial charge in [-0.25, -0.2) is 0 Å². The van der Waals surface area contributed by atoms with Gasteiger partial charge in [-0.05, 0) is 31.0 Å². The van der Waals surface area contributed by atoms with Gasteiger partial charge in [-0.2, -0.15) is 13.2 Å². The first-order valence-corrected chi connectivity index (χ1v) is 5.22. The summed E-state index contributed by atoms with van der Waals surface area (Å²) in [5, 5.41) is 8.47. The Labute approximate surface area is 102 Å². The number of aryl methyl sites for hydroxylation is 2. The summed E-state index contributed by atoms with van der Waals surface area (Å²) in [5.74, 6) is -1.50. The fraction of sp³-hybridized carbons (Fsp3) is 0.417. The Hall–Kier alpha value is -1.72. The van der Waals surface area contributed by atoms with E-state index >= 15 is 0 Å². The quantitative estimate of drug-likeness (QED) is 0.907. The van der Waals surface area contributed by atoms with Gasteiger partial charge in [0.25, 0.3) is 0 Å². The molecule has 0 fully saturated rings. The molecular formula is C12H13F3O3. The lowest BCUT2D eigenvalue weighted by atomic mass is 10.1. The molecule has 1 unspecified atom stereocenters. The van der Waals surface area contributed by atoms with Crippen molar-refractivity contribution in [2.45, 2.75) is 32.5 Å². The van der Waals surface area contributed by atoms with Crippen LogP contribution in [0.1, 0.15) is 17.5 Å². The molecule has 1 aromatic carbocycles. The maximum absolute atomic E-state index is 12.6. The number of halogens is 3. The first kappa shape index (κ1) is 14.3. The van der Waals surface area contributed by atoms with Crippen LogP contribution in [0.25, 0.3) is 0 Å². The highest BCUT2D eigenvalue weighted by Crippen LogP contribution is 2.29. The van der Waals surface area contributed by atoms with Crippen molar-refractivity contribution in [1.29, 1.82) is 0 Å². The van der Waals surface area contributed by atoms with Gasteiger partial charge in [-0.3, -0.25) is 4.79 Å². The average molecular weight is 262 g/mol. The van der Waals surface area contributed by atoms with Crippen molar-refractivity contribution < 1.29 is 27.8 Å². The minimum atomic E-state index is -4.71. The van der Waals surface area contributed by atoms with Gasteiger partial charge in [-0.15, -0.1) is 0 Å². The summed E-state index contributed by atoms with van der Waals surface area (Å²) in [4.78, 5) is 10.4. The summed E-state index contributed by atoms with van der Waals surface area (Å²) >= 11 is 0. The van der Waals surface area contributed by atoms with Crippen LogP contribution in [0.3, 0.4) is 0 Å². The van der Waals surface area contributed by atoms with Crippen molar-refractivity contribution in [2.24, 2.45) is 0 Å². The largest absolute Gasteiger partial charge is 0.481 e. The number of carbonyl (C=O) groups is 1. The van der Waals surface area contributed by atoms with Crippen LogP contribution in [-0.2, 0) is 4.79 Å². The van der Waals surface area contributed by atoms with E-state index in [1.54, 1.807) is 26.0 Å². The highest BCUT2D eigenvalue weighted by Gasteiger charge is 2.43. The lowest BCUT2D eigenvalue weighted by Gasteiger charge is -2.21. The number of carboxylic acid groups (broad SMARTS) is 1. The van der Waals surface area contributed by atoms with Crippen molar-refractivity contribution in [1.82, 2.24) is 0 Å². The number of hydrogen-bond donors (Lipinski definition) is 1. The van der Waals surface area contributed by atoms with Gasteiger partial charge in [0.1, 0.15) is 5.75 Å². The minimum absolute atomic E-state index is 0.0542. The molecule has 18 heavy (non-hydrogen) atoms. The van der Waals surface area contributed by atoms with Crippen LogP contribution in [0.2, 0.25) is 0 Å². The van der Waals surface area contributed by atoms with Gasteiger partial charge in [0.05, 0.1) is 6.42 Å². The van der Waals surface area contributed by atoms with Crippen LogP contribution in [-0.4, -0.2) is 23.4 Å². The summed E-state index contributed by atoms with van der Waals surface area (Å²) in [6, 6.07) is 4.82. The molecular weight excluding hydrogens is 249 g/mol. The van der Waals surface area contributed by atoms with E-state index in [1.165, 1.54) is 6.07 Å². The molecule has 1 rings (SSSR count). The summed E-state index contributed by atoms with van der Waals surface area (Å²) in [6.07, 6.45) is -8.17. The number of ether oxygens (including phenoxy) is 1. The molecule has 1 aromatic rings. The van der Waals surface area contributed by atoms with Gasteiger partial charge in [0.15, 0.2) is 0 Å². The maximum Gasteiger partial charge on any atom is 0.426 e. The molecule has 3 nitrogen and oxygen atoms in total. The monoisotopic (exact) mass is 262 g/mol. The lowest BCUT2D eigenvalue weighted by Crippen LogP contribution is -2.36. The van der Waals surface area contributed by atoms with Crippen LogP contribution in [0, 0.1) is 13.8 Å². The van der Waals surface area contributed by atoms with E-state index in [0.29, 0.717) is 5.56 Å². The van der Waals surface area contributed by atoms with Crippen molar-refractivity contribution in [3.8, 4) is 5.75 Å². The molecule has 0 bridgehead atoms. The smallest absolute Gasteiger partial charge is 0.426 e. The Bertz CT molecular complexity index is 441. The molecule has 0 amide bonds. The second kappa shape index (κ2) is 5.29. The Morgan fingerprint density at radius 1 is 1.39 bits per heavy atom. The van der Waals surface area contributed by atoms with E-state index in [0.717, 1.165) is 5.56 Å². The van der Waals surface area contributed by atoms with Gasteiger partial charge in [-0.1, -0.05) is 12.1 Å². The molecule has 1 N–H and O–H groups in total. The Morgan fingerprint density at radius 3 is 2.50 bits per heavy atom. The predicted octanol–water partition coefficient (Wildman–Crippen LogP) is 3.09. The molecule has 100 valence electrons. The van der Waals surface area contributed by atoms with E-state index in [9.17, 15) is 18.0 Å². The zero-order chi connectivity index (χ0) is 13.9. The molecule has 0 aromatic heterocycles. The first-order valence-electron chi connectivity index (χ1n) is 5.22. The van der Waals surface area contributed by atoms with Gasteiger partial charge >= 0.3 is 12.1 Å². The lowest BCUT2D eigenvalue weighted by molar-refractivity contribution is -0.200. The van der Waals surface area contributed by atoms with Gasteiger partial charge in [0.2, 0.25) is 6.10 Å². The van der Waals surface area contributed by atoms with E-state index in [2.05, 4.69) is 0 Å². The van der Waals surface area contributed by atoms with Gasteiger partial charge < -0.3 is 9.84 Å². The van der Waals surface area contributed by atoms with E-state index < -0.39 is 24.7 Å². The summed E-state index contributed by atoms with van der Waals surface area (Å²) < 4.78 is 42.6. The number of hydrogen-bond acceptors (Lipinski definition) is 2. The third-order valence-electron chi connectivity index (χ3n) is 2.34. The van der Waals surface area contributed by atoms with E-state index in [-0.39, 0.29) is 5.75 Å². The highest BCUT2D eigenvalue weighted by atomic mass is 19.4. The Morgan fingerprint density at radius 2 is 2.00 bits per heavy atom. The van der Waals surface area contributed by atoms with Crippen molar-refractivity contribution in [2.75, 3.05) is 0 Å². The SMILES string of the molecule is Cc1ccc(C)c(OC(CC(=O)O)C(F)(F)F)c1. The van der Waals surface area contributed by atoms with Crippen LogP contribution in [0.15, 0.2) is 18.2 Å². The molecule has 0 aliphatic carbocycles. The van der Waals surface area contributed by atoms with Crippen molar-refractivity contribution in [3.63, 3.8) is 0 Å². The van der Waals surface area contributed by atoms with Gasteiger partial charge in [0, 0.05) is 0 Å². The molecule has 0 saturated carbocycles. The Kier molecular flexibility index (Phi) is 4.21. The highest BCUT2D eigenvalue weighted by molar-refractivity contribution is 5.67. The molecule has 6 heteroatoms. The molecule has 0 heterocycles. The second-order valence-corrected chi connectivity index (χ2v) is 4.01. The van der Waals surface area contributed by atoms with E-state index in [4.69, 9.17) is 9.84 Å². The molecule has 0 spiro atoms. The van der Waals surface area contributed by atoms with Crippen molar-refractivity contribution in [3.05, 3.63) is 29.3 Å². The summed E-state index contributed by atoms with van der Waals surface area (Å²) in [6.45, 7) is 3.31. The summed E-state index contributed by atoms with van der Waals surface area (Å²) in [5.41, 5.74) is 1.27. The Balaban J connectivity index is 2.96. The third-order valence-corrected chi connectivity index (χ3v) is 2.34. The van der Waals surface area contributed by atoms with Crippen LogP contribution < -0.4 is 4.74 Å². The molecule has 1 atom stereocenters. The second-order valence-electron chi connectivity index (χ2n) is 4.01. The standard InChI is InChI=1S/C12H13F3O3/c1-7-3-4-8(2)9(5-7)18-10(6-11(16)17)12(13,14)15/h3-5,10H,6H2,1-2H3,(H,16,17). The molecule has 0 radical (unpaired) electrons.